The Bertz CT molecular complexity index is 515. The first-order valence-electron chi connectivity index (χ1n) is 5.63. The van der Waals surface area contributed by atoms with Gasteiger partial charge in [-0.15, -0.1) is 0 Å². The predicted molar refractivity (Wildman–Crippen MR) is 78.4 cm³/mol. The van der Waals surface area contributed by atoms with Crippen LogP contribution in [0.15, 0.2) is 23.1 Å². The van der Waals surface area contributed by atoms with Crippen molar-refractivity contribution in [1.82, 2.24) is 4.31 Å². The number of hydrogen-bond acceptors (Lipinski definition) is 4. The van der Waals surface area contributed by atoms with Crippen LogP contribution in [0.4, 0.5) is 5.69 Å². The molecule has 0 fully saturated rings. The maximum Gasteiger partial charge on any atom is 0.243 e. The van der Waals surface area contributed by atoms with Crippen molar-refractivity contribution in [2.75, 3.05) is 24.8 Å². The van der Waals surface area contributed by atoms with Crippen LogP contribution in [-0.2, 0) is 10.0 Å². The second kappa shape index (κ2) is 5.95. The van der Waals surface area contributed by atoms with E-state index in [1.807, 2.05) is 13.2 Å². The monoisotopic (exact) mass is 288 g/mol. The molecule has 2 N–H and O–H groups in total. The summed E-state index contributed by atoms with van der Waals surface area (Å²) in [4.78, 5) is 0.326. The Morgan fingerprint density at radius 3 is 2.56 bits per heavy atom. The van der Waals surface area contributed by atoms with Crippen LogP contribution in [0.2, 0.25) is 0 Å². The van der Waals surface area contributed by atoms with E-state index in [-0.39, 0.29) is 6.04 Å². The Labute approximate surface area is 114 Å². The number of aryl methyl sites for hydroxylation is 1. The Morgan fingerprint density at radius 1 is 1.44 bits per heavy atom. The number of hydrogen-bond donors (Lipinski definition) is 1. The number of nitrogens with zero attached hydrogens (tertiary/aromatic N) is 1. The lowest BCUT2D eigenvalue weighted by Crippen LogP contribution is -2.36. The first-order chi connectivity index (χ1) is 8.30. The molecule has 0 aliphatic heterocycles. The molecule has 0 saturated heterocycles. The second-order valence-electron chi connectivity index (χ2n) is 4.35. The van der Waals surface area contributed by atoms with Crippen LogP contribution in [0.1, 0.15) is 12.5 Å². The first kappa shape index (κ1) is 15.3. The summed E-state index contributed by atoms with van der Waals surface area (Å²) in [6, 6.07) is 4.83. The third-order valence-corrected chi connectivity index (χ3v) is 5.83. The molecule has 18 heavy (non-hydrogen) atoms. The van der Waals surface area contributed by atoms with Crippen LogP contribution < -0.4 is 5.73 Å². The van der Waals surface area contributed by atoms with Gasteiger partial charge in [-0.25, -0.2) is 8.42 Å². The zero-order valence-corrected chi connectivity index (χ0v) is 12.8. The fourth-order valence-corrected chi connectivity index (χ4v) is 4.06. The van der Waals surface area contributed by atoms with Gasteiger partial charge in [0.15, 0.2) is 0 Å². The average Bonchev–Trinajstić information content (AvgIpc) is 2.27. The number of sulfonamides is 1. The summed E-state index contributed by atoms with van der Waals surface area (Å²) in [5, 5.41) is 0. The van der Waals surface area contributed by atoms with Crippen molar-refractivity contribution in [1.29, 1.82) is 0 Å². The van der Waals surface area contributed by atoms with Crippen LogP contribution in [-0.4, -0.2) is 37.8 Å². The van der Waals surface area contributed by atoms with Crippen molar-refractivity contribution in [3.8, 4) is 0 Å². The summed E-state index contributed by atoms with van der Waals surface area (Å²) in [5.41, 5.74) is 6.90. The van der Waals surface area contributed by atoms with E-state index < -0.39 is 10.0 Å². The molecule has 1 unspecified atom stereocenters. The number of nitrogen functional groups attached to an aromatic ring is 1. The Morgan fingerprint density at radius 2 is 2.06 bits per heavy atom. The number of anilines is 1. The topological polar surface area (TPSA) is 63.4 Å². The lowest BCUT2D eigenvalue weighted by Gasteiger charge is -2.24. The minimum absolute atomic E-state index is 0.0399. The van der Waals surface area contributed by atoms with Gasteiger partial charge in [0.05, 0.1) is 4.90 Å². The van der Waals surface area contributed by atoms with E-state index >= 15 is 0 Å². The van der Waals surface area contributed by atoms with Crippen LogP contribution in [0, 0.1) is 6.92 Å². The highest BCUT2D eigenvalue weighted by Crippen LogP contribution is 2.23. The van der Waals surface area contributed by atoms with Gasteiger partial charge in [0.25, 0.3) is 0 Å². The van der Waals surface area contributed by atoms with Crippen LogP contribution >= 0.6 is 11.8 Å². The molecular weight excluding hydrogens is 268 g/mol. The van der Waals surface area contributed by atoms with Gasteiger partial charge in [-0.1, -0.05) is 0 Å². The van der Waals surface area contributed by atoms with Gasteiger partial charge in [-0.3, -0.25) is 0 Å². The molecule has 0 aliphatic carbocycles. The molecule has 0 spiro atoms. The number of benzene rings is 1. The molecule has 0 amide bonds. The largest absolute Gasteiger partial charge is 0.399 e. The predicted octanol–water partition coefficient (Wildman–Crippen LogP) is 1.95. The van der Waals surface area contributed by atoms with E-state index in [1.54, 1.807) is 43.9 Å². The fourth-order valence-electron chi connectivity index (χ4n) is 1.70. The van der Waals surface area contributed by atoms with Crippen molar-refractivity contribution in [3.63, 3.8) is 0 Å². The summed E-state index contributed by atoms with van der Waals surface area (Å²) in [6.45, 7) is 3.66. The number of rotatable bonds is 5. The average molecular weight is 288 g/mol. The standard InChI is InChI=1S/C12H20N2O2S2/c1-9-7-11(13)5-6-12(9)18(15,16)14(3)10(2)8-17-4/h5-7,10H,8,13H2,1-4H3. The highest BCUT2D eigenvalue weighted by Gasteiger charge is 2.26. The molecule has 1 atom stereocenters. The van der Waals surface area contributed by atoms with Crippen molar-refractivity contribution in [2.45, 2.75) is 24.8 Å². The SMILES string of the molecule is CSCC(C)N(C)S(=O)(=O)c1ccc(N)cc1C. The van der Waals surface area contributed by atoms with Gasteiger partial charge in [0.2, 0.25) is 10.0 Å². The molecule has 1 rings (SSSR count). The van der Waals surface area contributed by atoms with Crippen LogP contribution in [0.3, 0.4) is 0 Å². The minimum Gasteiger partial charge on any atom is -0.399 e. The summed E-state index contributed by atoms with van der Waals surface area (Å²) in [6.07, 6.45) is 1.96. The Hall–Kier alpha value is -0.720. The highest BCUT2D eigenvalue weighted by molar-refractivity contribution is 7.98. The molecule has 1 aromatic carbocycles. The van der Waals surface area contributed by atoms with Crippen molar-refractivity contribution >= 4 is 27.5 Å². The minimum atomic E-state index is -3.44. The number of thioether (sulfide) groups is 1. The summed E-state index contributed by atoms with van der Waals surface area (Å²) in [7, 11) is -1.83. The lowest BCUT2D eigenvalue weighted by atomic mass is 10.2. The van der Waals surface area contributed by atoms with Crippen molar-refractivity contribution in [2.24, 2.45) is 0 Å². The third-order valence-electron chi connectivity index (χ3n) is 2.88. The smallest absolute Gasteiger partial charge is 0.243 e. The molecule has 0 bridgehead atoms. The van der Waals surface area contributed by atoms with Gasteiger partial charge in [0.1, 0.15) is 0 Å². The summed E-state index contributed by atoms with van der Waals surface area (Å²) >= 11 is 1.63. The van der Waals surface area contributed by atoms with Gasteiger partial charge in [-0.2, -0.15) is 16.1 Å². The highest BCUT2D eigenvalue weighted by atomic mass is 32.2. The van der Waals surface area contributed by atoms with E-state index in [9.17, 15) is 8.42 Å². The molecule has 0 heterocycles. The fraction of sp³-hybridized carbons (Fsp3) is 0.500. The molecule has 0 saturated carbocycles. The second-order valence-corrected chi connectivity index (χ2v) is 7.23. The molecule has 0 aliphatic rings. The van der Waals surface area contributed by atoms with E-state index in [1.165, 1.54) is 4.31 Å². The Kier molecular flexibility index (Phi) is 5.07. The van der Waals surface area contributed by atoms with Crippen LogP contribution in [0.5, 0.6) is 0 Å². The molecule has 0 radical (unpaired) electrons. The maximum atomic E-state index is 12.5. The van der Waals surface area contributed by atoms with E-state index in [0.717, 1.165) is 5.75 Å². The van der Waals surface area contributed by atoms with Crippen molar-refractivity contribution in [3.05, 3.63) is 23.8 Å². The zero-order chi connectivity index (χ0) is 13.9. The molecule has 4 nitrogen and oxygen atoms in total. The summed E-state index contributed by atoms with van der Waals surface area (Å²) < 4.78 is 26.3. The lowest BCUT2D eigenvalue weighted by molar-refractivity contribution is 0.415. The van der Waals surface area contributed by atoms with E-state index in [0.29, 0.717) is 16.1 Å². The van der Waals surface area contributed by atoms with Gasteiger partial charge < -0.3 is 5.73 Å². The molecule has 0 aromatic heterocycles. The maximum absolute atomic E-state index is 12.5. The summed E-state index contributed by atoms with van der Waals surface area (Å²) in [5.74, 6) is 0.768. The van der Waals surface area contributed by atoms with Gasteiger partial charge in [-0.05, 0) is 43.9 Å². The van der Waals surface area contributed by atoms with E-state index in [2.05, 4.69) is 0 Å². The molecule has 6 heteroatoms. The first-order valence-corrected chi connectivity index (χ1v) is 8.47. The molecule has 102 valence electrons. The van der Waals surface area contributed by atoms with E-state index in [4.69, 9.17) is 5.73 Å². The van der Waals surface area contributed by atoms with Crippen molar-refractivity contribution < 1.29 is 8.42 Å². The van der Waals surface area contributed by atoms with Crippen LogP contribution in [0.25, 0.3) is 0 Å². The molecule has 1 aromatic rings. The third kappa shape index (κ3) is 3.18. The normalized spacial score (nSPS) is 13.8. The quantitative estimate of drug-likeness (QED) is 0.841. The van der Waals surface area contributed by atoms with Gasteiger partial charge in [0, 0.05) is 24.5 Å². The molecular formula is C12H20N2O2S2. The van der Waals surface area contributed by atoms with Gasteiger partial charge >= 0.3 is 0 Å². The zero-order valence-electron chi connectivity index (χ0n) is 11.2. The Balaban J connectivity index is 3.13. The number of nitrogens with two attached hydrogens (primary N) is 1.